The van der Waals surface area contributed by atoms with Crippen LogP contribution in [-0.2, 0) is 11.3 Å². The first kappa shape index (κ1) is 16.3. The SMILES string of the molecule is COc1ccc2ccccc2c1CNC(=O)[C@@H](C)N.Cl. The monoisotopic (exact) mass is 294 g/mol. The zero-order valence-corrected chi connectivity index (χ0v) is 12.4. The van der Waals surface area contributed by atoms with Gasteiger partial charge in [-0.1, -0.05) is 30.3 Å². The summed E-state index contributed by atoms with van der Waals surface area (Å²) in [4.78, 5) is 11.6. The van der Waals surface area contributed by atoms with Gasteiger partial charge in [0.25, 0.3) is 0 Å². The number of rotatable bonds is 4. The Morgan fingerprint density at radius 1 is 1.30 bits per heavy atom. The molecule has 0 bridgehead atoms. The maximum Gasteiger partial charge on any atom is 0.236 e. The van der Waals surface area contributed by atoms with Gasteiger partial charge in [0.05, 0.1) is 13.2 Å². The lowest BCUT2D eigenvalue weighted by Crippen LogP contribution is -2.37. The average molecular weight is 295 g/mol. The molecule has 2 rings (SSSR count). The first-order chi connectivity index (χ1) is 9.13. The fourth-order valence-corrected chi connectivity index (χ4v) is 2.03. The van der Waals surface area contributed by atoms with E-state index in [0.29, 0.717) is 6.54 Å². The van der Waals surface area contributed by atoms with E-state index >= 15 is 0 Å². The van der Waals surface area contributed by atoms with Gasteiger partial charge >= 0.3 is 0 Å². The number of carbonyl (C=O) groups excluding carboxylic acids is 1. The summed E-state index contributed by atoms with van der Waals surface area (Å²) >= 11 is 0. The number of halogens is 1. The summed E-state index contributed by atoms with van der Waals surface area (Å²) in [5.41, 5.74) is 6.51. The maximum absolute atomic E-state index is 11.6. The van der Waals surface area contributed by atoms with Crippen LogP contribution in [0.25, 0.3) is 10.8 Å². The summed E-state index contributed by atoms with van der Waals surface area (Å²) in [6, 6.07) is 11.4. The molecule has 0 heterocycles. The number of ether oxygens (including phenoxy) is 1. The second-order valence-electron chi connectivity index (χ2n) is 4.47. The Balaban J connectivity index is 0.00000200. The van der Waals surface area contributed by atoms with Crippen molar-refractivity contribution in [3.63, 3.8) is 0 Å². The highest BCUT2D eigenvalue weighted by Crippen LogP contribution is 2.27. The van der Waals surface area contributed by atoms with E-state index in [0.717, 1.165) is 22.1 Å². The summed E-state index contributed by atoms with van der Waals surface area (Å²) in [6.07, 6.45) is 0. The van der Waals surface area contributed by atoms with E-state index in [9.17, 15) is 4.79 Å². The van der Waals surface area contributed by atoms with Crippen LogP contribution in [0.4, 0.5) is 0 Å². The average Bonchev–Trinajstić information content (AvgIpc) is 2.43. The second kappa shape index (κ2) is 7.12. The van der Waals surface area contributed by atoms with Crippen LogP contribution in [0, 0.1) is 0 Å². The van der Waals surface area contributed by atoms with Crippen LogP contribution in [0.2, 0.25) is 0 Å². The number of hydrogen-bond acceptors (Lipinski definition) is 3. The first-order valence-electron chi connectivity index (χ1n) is 6.21. The number of carbonyl (C=O) groups is 1. The van der Waals surface area contributed by atoms with Crippen LogP contribution >= 0.6 is 12.4 Å². The molecule has 1 amide bonds. The number of hydrogen-bond donors (Lipinski definition) is 2. The Labute approximate surface area is 124 Å². The van der Waals surface area contributed by atoms with Crippen molar-refractivity contribution in [2.45, 2.75) is 19.5 Å². The van der Waals surface area contributed by atoms with Crippen molar-refractivity contribution in [2.24, 2.45) is 5.73 Å². The zero-order chi connectivity index (χ0) is 13.8. The van der Waals surface area contributed by atoms with Gasteiger partial charge in [-0.25, -0.2) is 0 Å². The van der Waals surface area contributed by atoms with E-state index in [-0.39, 0.29) is 18.3 Å². The highest BCUT2D eigenvalue weighted by Gasteiger charge is 2.11. The lowest BCUT2D eigenvalue weighted by Gasteiger charge is -2.14. The molecule has 0 aliphatic rings. The predicted octanol–water partition coefficient (Wildman–Crippen LogP) is 2.23. The van der Waals surface area contributed by atoms with Crippen molar-refractivity contribution in [3.8, 4) is 5.75 Å². The minimum absolute atomic E-state index is 0. The molecule has 0 spiro atoms. The molecular weight excluding hydrogens is 276 g/mol. The van der Waals surface area contributed by atoms with Gasteiger partial charge in [0, 0.05) is 12.1 Å². The third kappa shape index (κ3) is 3.40. The summed E-state index contributed by atoms with van der Waals surface area (Å²) in [7, 11) is 1.63. The summed E-state index contributed by atoms with van der Waals surface area (Å²) in [5.74, 6) is 0.596. The lowest BCUT2D eigenvalue weighted by atomic mass is 10.0. The fourth-order valence-electron chi connectivity index (χ4n) is 2.03. The molecule has 1 atom stereocenters. The standard InChI is InChI=1S/C15H18N2O2.ClH/c1-10(16)15(18)17-9-13-12-6-4-3-5-11(12)7-8-14(13)19-2;/h3-8,10H,9,16H2,1-2H3,(H,17,18);1H/t10-;/m1./s1. The molecule has 20 heavy (non-hydrogen) atoms. The molecule has 0 aromatic heterocycles. The smallest absolute Gasteiger partial charge is 0.236 e. The van der Waals surface area contributed by atoms with Gasteiger partial charge in [0.1, 0.15) is 5.75 Å². The lowest BCUT2D eigenvalue weighted by molar-refractivity contribution is -0.122. The Morgan fingerprint density at radius 3 is 2.65 bits per heavy atom. The van der Waals surface area contributed by atoms with E-state index < -0.39 is 6.04 Å². The second-order valence-corrected chi connectivity index (χ2v) is 4.47. The molecule has 0 unspecified atom stereocenters. The van der Waals surface area contributed by atoms with E-state index in [1.165, 1.54) is 0 Å². The molecule has 3 N–H and O–H groups in total. The molecule has 0 radical (unpaired) electrons. The molecule has 0 saturated heterocycles. The molecule has 0 aliphatic heterocycles. The van der Waals surface area contributed by atoms with Crippen molar-refractivity contribution in [3.05, 3.63) is 42.0 Å². The Hall–Kier alpha value is -1.78. The molecule has 108 valence electrons. The molecule has 2 aromatic rings. The number of fused-ring (bicyclic) bond motifs is 1. The van der Waals surface area contributed by atoms with Crippen LogP contribution in [0.5, 0.6) is 5.75 Å². The van der Waals surface area contributed by atoms with Crippen LogP contribution < -0.4 is 15.8 Å². The Bertz CT molecular complexity index is 599. The molecule has 0 saturated carbocycles. The minimum Gasteiger partial charge on any atom is -0.496 e. The normalized spacial score (nSPS) is 11.6. The highest BCUT2D eigenvalue weighted by molar-refractivity contribution is 5.88. The third-order valence-corrected chi connectivity index (χ3v) is 3.07. The van der Waals surface area contributed by atoms with Crippen LogP contribution in [0.3, 0.4) is 0 Å². The predicted molar refractivity (Wildman–Crippen MR) is 83.2 cm³/mol. The molecular formula is C15H19ClN2O2. The van der Waals surface area contributed by atoms with Crippen molar-refractivity contribution < 1.29 is 9.53 Å². The van der Waals surface area contributed by atoms with Crippen LogP contribution in [0.15, 0.2) is 36.4 Å². The highest BCUT2D eigenvalue weighted by atomic mass is 35.5. The van der Waals surface area contributed by atoms with Gasteiger partial charge in [-0.05, 0) is 23.8 Å². The Morgan fingerprint density at radius 2 is 2.00 bits per heavy atom. The Kier molecular flexibility index (Phi) is 5.80. The number of amides is 1. The summed E-state index contributed by atoms with van der Waals surface area (Å²) < 4.78 is 5.36. The van der Waals surface area contributed by atoms with E-state index in [1.807, 2.05) is 36.4 Å². The third-order valence-electron chi connectivity index (χ3n) is 3.07. The number of nitrogens with one attached hydrogen (secondary N) is 1. The fraction of sp³-hybridized carbons (Fsp3) is 0.267. The van der Waals surface area contributed by atoms with Gasteiger partial charge in [-0.2, -0.15) is 0 Å². The molecule has 0 aliphatic carbocycles. The molecule has 5 heteroatoms. The molecule has 0 fully saturated rings. The number of benzene rings is 2. The van der Waals surface area contributed by atoms with E-state index in [2.05, 4.69) is 5.32 Å². The van der Waals surface area contributed by atoms with Crippen molar-refractivity contribution in [2.75, 3.05) is 7.11 Å². The summed E-state index contributed by atoms with van der Waals surface area (Å²) in [6.45, 7) is 2.07. The van der Waals surface area contributed by atoms with Gasteiger partial charge < -0.3 is 15.8 Å². The first-order valence-corrected chi connectivity index (χ1v) is 6.21. The van der Waals surface area contributed by atoms with E-state index in [1.54, 1.807) is 14.0 Å². The van der Waals surface area contributed by atoms with E-state index in [4.69, 9.17) is 10.5 Å². The van der Waals surface area contributed by atoms with Crippen LogP contribution in [-0.4, -0.2) is 19.1 Å². The van der Waals surface area contributed by atoms with Crippen molar-refractivity contribution >= 4 is 29.1 Å². The quantitative estimate of drug-likeness (QED) is 0.909. The largest absolute Gasteiger partial charge is 0.496 e. The molecule has 4 nitrogen and oxygen atoms in total. The van der Waals surface area contributed by atoms with Crippen molar-refractivity contribution in [1.29, 1.82) is 0 Å². The van der Waals surface area contributed by atoms with Gasteiger partial charge in [-0.15, -0.1) is 12.4 Å². The van der Waals surface area contributed by atoms with Gasteiger partial charge in [0.15, 0.2) is 0 Å². The molecule has 2 aromatic carbocycles. The minimum atomic E-state index is -0.513. The number of methoxy groups -OCH3 is 1. The summed E-state index contributed by atoms with van der Waals surface area (Å²) in [5, 5.41) is 5.02. The maximum atomic E-state index is 11.6. The van der Waals surface area contributed by atoms with Gasteiger partial charge in [-0.3, -0.25) is 4.79 Å². The van der Waals surface area contributed by atoms with Crippen LogP contribution in [0.1, 0.15) is 12.5 Å². The van der Waals surface area contributed by atoms with Crippen molar-refractivity contribution in [1.82, 2.24) is 5.32 Å². The zero-order valence-electron chi connectivity index (χ0n) is 11.6. The topological polar surface area (TPSA) is 64.3 Å². The van der Waals surface area contributed by atoms with Gasteiger partial charge in [0.2, 0.25) is 5.91 Å². The number of nitrogens with two attached hydrogens (primary N) is 1.